The second-order valence-corrected chi connectivity index (χ2v) is 4.84. The molecule has 0 aliphatic carbocycles. The number of ether oxygens (including phenoxy) is 1. The van der Waals surface area contributed by atoms with Gasteiger partial charge in [-0.15, -0.1) is 29.6 Å². The molecular weight excluding hydrogens is 380 g/mol. The zero-order valence-electron chi connectivity index (χ0n) is 11.1. The fourth-order valence-electron chi connectivity index (χ4n) is 1.69. The zero-order valence-corrected chi connectivity index (χ0v) is 14.4. The molecule has 0 radical (unpaired) electrons. The average molecular weight is 394 g/mol. The van der Waals surface area contributed by atoms with Crippen molar-refractivity contribution in [2.24, 2.45) is 10.7 Å². The molecule has 2 rings (SSSR count). The standard InChI is InChI=1S/C13H13ClN2O3S.BrH/c1-2-9(16-13(15)20)18-12-10(14)7-5-3-4-6-8(7)11(17)19-12;/h3-6,9H,2H2,1H3,(H3,15,16,20);1H. The molecule has 0 spiro atoms. The lowest BCUT2D eigenvalue weighted by atomic mass is 10.2. The maximum Gasteiger partial charge on any atom is 0.346 e. The lowest BCUT2D eigenvalue weighted by Gasteiger charge is -2.13. The lowest BCUT2D eigenvalue weighted by Crippen LogP contribution is -2.18. The number of hydrogen-bond acceptors (Lipinski definition) is 4. The summed E-state index contributed by atoms with van der Waals surface area (Å²) in [6.07, 6.45) is -0.0944. The summed E-state index contributed by atoms with van der Waals surface area (Å²) in [5.41, 5.74) is 4.87. The Labute approximate surface area is 142 Å². The minimum absolute atomic E-state index is 0. The molecule has 0 aliphatic rings. The minimum atomic E-state index is -0.616. The number of nitrogens with zero attached hydrogens (tertiary/aromatic N) is 1. The molecule has 8 heteroatoms. The molecule has 0 bridgehead atoms. The van der Waals surface area contributed by atoms with Gasteiger partial charge in [0.05, 0.1) is 5.39 Å². The van der Waals surface area contributed by atoms with Crippen LogP contribution in [0.5, 0.6) is 5.95 Å². The Balaban J connectivity index is 0.00000220. The first-order chi connectivity index (χ1) is 9.52. The monoisotopic (exact) mass is 392 g/mol. The van der Waals surface area contributed by atoms with Gasteiger partial charge >= 0.3 is 11.6 Å². The molecule has 114 valence electrons. The van der Waals surface area contributed by atoms with Gasteiger partial charge in [-0.2, -0.15) is 0 Å². The van der Waals surface area contributed by atoms with E-state index in [9.17, 15) is 4.79 Å². The van der Waals surface area contributed by atoms with Crippen LogP contribution in [0.1, 0.15) is 13.3 Å². The third-order valence-electron chi connectivity index (χ3n) is 2.62. The highest BCUT2D eigenvalue weighted by molar-refractivity contribution is 8.93. The number of halogens is 2. The Bertz CT molecular complexity index is 716. The minimum Gasteiger partial charge on any atom is -0.438 e. The highest BCUT2D eigenvalue weighted by atomic mass is 79.9. The zero-order chi connectivity index (χ0) is 14.7. The first-order valence-corrected chi connectivity index (χ1v) is 6.75. The SMILES string of the molecule is Br.CCC(N=C(N)S)Oc1oc(=O)c2ccccc2c1Cl. The van der Waals surface area contributed by atoms with Crippen molar-refractivity contribution < 1.29 is 9.15 Å². The van der Waals surface area contributed by atoms with Gasteiger partial charge in [0.15, 0.2) is 11.4 Å². The number of thiol groups is 1. The Morgan fingerprint density at radius 1 is 1.48 bits per heavy atom. The molecule has 0 saturated carbocycles. The number of amidine groups is 1. The van der Waals surface area contributed by atoms with Gasteiger partial charge in [-0.05, 0) is 6.07 Å². The first kappa shape index (κ1) is 17.9. The molecule has 21 heavy (non-hydrogen) atoms. The summed E-state index contributed by atoms with van der Waals surface area (Å²) >= 11 is 10.1. The number of aliphatic imine (C=N–C) groups is 1. The summed E-state index contributed by atoms with van der Waals surface area (Å²) in [5.74, 6) is -0.0689. The van der Waals surface area contributed by atoms with Crippen molar-refractivity contribution in [1.29, 1.82) is 0 Å². The van der Waals surface area contributed by atoms with Gasteiger partial charge in [-0.3, -0.25) is 0 Å². The molecule has 0 saturated heterocycles. The van der Waals surface area contributed by atoms with Crippen LogP contribution in [0.15, 0.2) is 38.5 Å². The Kier molecular flexibility index (Phi) is 6.57. The van der Waals surface area contributed by atoms with E-state index in [2.05, 4.69) is 17.6 Å². The second kappa shape index (κ2) is 7.72. The molecule has 5 nitrogen and oxygen atoms in total. The molecule has 1 aromatic heterocycles. The molecule has 2 aromatic rings. The van der Waals surface area contributed by atoms with Gasteiger partial charge in [-0.1, -0.05) is 36.7 Å². The van der Waals surface area contributed by atoms with Crippen molar-refractivity contribution in [1.82, 2.24) is 0 Å². The van der Waals surface area contributed by atoms with Crippen LogP contribution >= 0.6 is 41.2 Å². The topological polar surface area (TPSA) is 77.8 Å². The van der Waals surface area contributed by atoms with Crippen LogP contribution in [0, 0.1) is 0 Å². The second-order valence-electron chi connectivity index (χ2n) is 4.00. The predicted octanol–water partition coefficient (Wildman–Crippen LogP) is 3.38. The van der Waals surface area contributed by atoms with Crippen LogP contribution in [0.4, 0.5) is 0 Å². The van der Waals surface area contributed by atoms with Crippen molar-refractivity contribution in [2.45, 2.75) is 19.6 Å². The van der Waals surface area contributed by atoms with Crippen molar-refractivity contribution >= 4 is 57.2 Å². The molecular formula is C13H14BrClN2O3S. The highest BCUT2D eigenvalue weighted by Crippen LogP contribution is 2.31. The Morgan fingerprint density at radius 2 is 2.10 bits per heavy atom. The molecule has 2 N–H and O–H groups in total. The Hall–Kier alpha value is -1.18. The van der Waals surface area contributed by atoms with Crippen LogP contribution in [0.3, 0.4) is 0 Å². The van der Waals surface area contributed by atoms with Crippen molar-refractivity contribution in [3.05, 3.63) is 39.7 Å². The maximum absolute atomic E-state index is 11.9. The summed E-state index contributed by atoms with van der Waals surface area (Å²) < 4.78 is 10.6. The number of hydrogen-bond donors (Lipinski definition) is 2. The van der Waals surface area contributed by atoms with Gasteiger partial charge in [-0.25, -0.2) is 9.79 Å². The van der Waals surface area contributed by atoms with Gasteiger partial charge in [0.1, 0.15) is 5.02 Å². The normalized spacial score (nSPS) is 12.8. The summed E-state index contributed by atoms with van der Waals surface area (Å²) in [5, 5.41) is 1.27. The number of nitrogens with two attached hydrogens (primary N) is 1. The average Bonchev–Trinajstić information content (AvgIpc) is 2.43. The van der Waals surface area contributed by atoms with E-state index in [0.717, 1.165) is 0 Å². The quantitative estimate of drug-likeness (QED) is 0.474. The highest BCUT2D eigenvalue weighted by Gasteiger charge is 2.16. The summed E-state index contributed by atoms with van der Waals surface area (Å²) in [7, 11) is 0. The fraction of sp³-hybridized carbons (Fsp3) is 0.231. The van der Waals surface area contributed by atoms with E-state index in [-0.39, 0.29) is 33.1 Å². The van der Waals surface area contributed by atoms with E-state index in [1.165, 1.54) is 0 Å². The molecule has 0 fully saturated rings. The smallest absolute Gasteiger partial charge is 0.346 e. The predicted molar refractivity (Wildman–Crippen MR) is 93.1 cm³/mol. The van der Waals surface area contributed by atoms with Crippen LogP contribution in [-0.2, 0) is 0 Å². The van der Waals surface area contributed by atoms with Crippen LogP contribution in [0.2, 0.25) is 5.02 Å². The van der Waals surface area contributed by atoms with Gasteiger partial charge in [0, 0.05) is 11.8 Å². The molecule has 0 aliphatic heterocycles. The van der Waals surface area contributed by atoms with Crippen LogP contribution in [-0.4, -0.2) is 11.4 Å². The van der Waals surface area contributed by atoms with E-state index >= 15 is 0 Å². The third-order valence-corrected chi connectivity index (χ3v) is 3.09. The summed E-state index contributed by atoms with van der Waals surface area (Å²) in [4.78, 5) is 15.8. The molecule has 0 amide bonds. The molecule has 1 atom stereocenters. The third kappa shape index (κ3) is 4.15. The van der Waals surface area contributed by atoms with Gasteiger partial charge in [0.2, 0.25) is 0 Å². The van der Waals surface area contributed by atoms with Crippen molar-refractivity contribution in [2.75, 3.05) is 0 Å². The largest absolute Gasteiger partial charge is 0.438 e. The summed E-state index contributed by atoms with van der Waals surface area (Å²) in [6.45, 7) is 1.85. The van der Waals surface area contributed by atoms with E-state index < -0.39 is 11.9 Å². The van der Waals surface area contributed by atoms with E-state index in [4.69, 9.17) is 26.5 Å². The number of rotatable bonds is 4. The van der Waals surface area contributed by atoms with Crippen LogP contribution in [0.25, 0.3) is 10.8 Å². The van der Waals surface area contributed by atoms with Gasteiger partial charge in [0.25, 0.3) is 0 Å². The molecule has 1 unspecified atom stereocenters. The van der Waals surface area contributed by atoms with E-state index in [0.29, 0.717) is 17.2 Å². The van der Waals surface area contributed by atoms with Crippen molar-refractivity contribution in [3.8, 4) is 5.95 Å². The van der Waals surface area contributed by atoms with Gasteiger partial charge < -0.3 is 14.9 Å². The van der Waals surface area contributed by atoms with Crippen molar-refractivity contribution in [3.63, 3.8) is 0 Å². The van der Waals surface area contributed by atoms with E-state index in [1.807, 2.05) is 6.92 Å². The maximum atomic E-state index is 11.9. The lowest BCUT2D eigenvalue weighted by molar-refractivity contribution is 0.154. The number of benzene rings is 1. The molecule has 1 heterocycles. The first-order valence-electron chi connectivity index (χ1n) is 5.93. The number of fused-ring (bicyclic) bond motifs is 1. The summed E-state index contributed by atoms with van der Waals surface area (Å²) in [6, 6.07) is 6.87. The van der Waals surface area contributed by atoms with E-state index in [1.54, 1.807) is 24.3 Å². The fourth-order valence-corrected chi connectivity index (χ4v) is 2.07. The van der Waals surface area contributed by atoms with Crippen LogP contribution < -0.4 is 16.1 Å². The molecule has 1 aromatic carbocycles. The Morgan fingerprint density at radius 3 is 2.67 bits per heavy atom.